The standard InChI is InChI=1S/C26H29N7O5S/c1-26(29-2,25(28)36)18-13-32(23(34)15-39(4,37)38)22-11-16(12-27)9-10-21(22)33(24(18)35)14-19-17-7-5-6-8-20(17)31(3)30-19/h5-11,18,29H,13-15H2,1-4H3,(H2,28,36)/t18-,26?/m1/s1. The number of nitriles is 1. The monoisotopic (exact) mass is 551 g/mol. The van der Waals surface area contributed by atoms with E-state index < -0.39 is 44.8 Å². The molecule has 0 fully saturated rings. The lowest BCUT2D eigenvalue weighted by atomic mass is 9.83. The number of benzene rings is 2. The van der Waals surface area contributed by atoms with Crippen molar-refractivity contribution in [2.24, 2.45) is 18.7 Å². The number of rotatable bonds is 7. The molecule has 0 saturated carbocycles. The number of para-hydroxylation sites is 1. The largest absolute Gasteiger partial charge is 0.368 e. The molecule has 1 aliphatic heterocycles. The summed E-state index contributed by atoms with van der Waals surface area (Å²) >= 11 is 0. The van der Waals surface area contributed by atoms with Gasteiger partial charge in [0, 0.05) is 25.2 Å². The van der Waals surface area contributed by atoms with Crippen LogP contribution in [0.25, 0.3) is 10.9 Å². The van der Waals surface area contributed by atoms with Crippen molar-refractivity contribution in [2.75, 3.05) is 35.4 Å². The van der Waals surface area contributed by atoms with Crippen molar-refractivity contribution in [3.8, 4) is 6.07 Å². The van der Waals surface area contributed by atoms with E-state index in [1.165, 1.54) is 37.1 Å². The minimum atomic E-state index is -3.75. The molecule has 3 aromatic rings. The molecule has 13 heteroatoms. The summed E-state index contributed by atoms with van der Waals surface area (Å²) in [5.41, 5.74) is 6.18. The van der Waals surface area contributed by atoms with Crippen LogP contribution in [0.5, 0.6) is 0 Å². The van der Waals surface area contributed by atoms with Crippen molar-refractivity contribution >= 4 is 49.8 Å². The molecular formula is C26H29N7O5S. The molecule has 12 nitrogen and oxygen atoms in total. The van der Waals surface area contributed by atoms with Gasteiger partial charge in [-0.3, -0.25) is 19.1 Å². The molecule has 0 spiro atoms. The maximum Gasteiger partial charge on any atom is 0.242 e. The van der Waals surface area contributed by atoms with Gasteiger partial charge in [-0.15, -0.1) is 0 Å². The minimum Gasteiger partial charge on any atom is -0.368 e. The summed E-state index contributed by atoms with van der Waals surface area (Å²) < 4.78 is 25.8. The SMILES string of the molecule is CNC(C)(C(N)=O)[C@@H]1CN(C(=O)CS(C)(=O)=O)c2cc(C#N)ccc2N(Cc2nn(C)c3ccccc23)C1=O. The maximum atomic E-state index is 14.3. The first-order valence-electron chi connectivity index (χ1n) is 12.0. The number of sulfone groups is 1. The second-order valence-corrected chi connectivity index (χ2v) is 11.9. The summed E-state index contributed by atoms with van der Waals surface area (Å²) in [7, 11) is -0.494. The van der Waals surface area contributed by atoms with Gasteiger partial charge in [-0.1, -0.05) is 18.2 Å². The highest BCUT2D eigenvalue weighted by atomic mass is 32.2. The van der Waals surface area contributed by atoms with Gasteiger partial charge >= 0.3 is 0 Å². The number of amides is 3. The summed E-state index contributed by atoms with van der Waals surface area (Å²) in [6.07, 6.45) is 0.928. The lowest BCUT2D eigenvalue weighted by Crippen LogP contribution is -2.63. The number of carbonyl (C=O) groups is 3. The van der Waals surface area contributed by atoms with Gasteiger partial charge in [0.25, 0.3) is 0 Å². The van der Waals surface area contributed by atoms with Crippen LogP contribution < -0.4 is 20.9 Å². The van der Waals surface area contributed by atoms with Gasteiger partial charge < -0.3 is 20.9 Å². The second-order valence-electron chi connectivity index (χ2n) is 9.77. The van der Waals surface area contributed by atoms with Crippen LogP contribution in [0.3, 0.4) is 0 Å². The number of likely N-dealkylation sites (N-methyl/N-ethyl adjacent to an activating group) is 1. The molecule has 2 heterocycles. The van der Waals surface area contributed by atoms with Gasteiger partial charge in [0.15, 0.2) is 9.84 Å². The van der Waals surface area contributed by atoms with E-state index >= 15 is 0 Å². The van der Waals surface area contributed by atoms with E-state index in [-0.39, 0.29) is 30.0 Å². The van der Waals surface area contributed by atoms with E-state index in [2.05, 4.69) is 10.4 Å². The Hall–Kier alpha value is -4.28. The third-order valence-corrected chi connectivity index (χ3v) is 7.94. The van der Waals surface area contributed by atoms with E-state index in [1.807, 2.05) is 30.3 Å². The van der Waals surface area contributed by atoms with E-state index in [1.54, 1.807) is 11.7 Å². The number of nitrogens with two attached hydrogens (primary N) is 1. The van der Waals surface area contributed by atoms with Crippen LogP contribution in [0.4, 0.5) is 11.4 Å². The van der Waals surface area contributed by atoms with Crippen molar-refractivity contribution < 1.29 is 22.8 Å². The Bertz CT molecular complexity index is 1640. The third-order valence-electron chi connectivity index (χ3n) is 7.17. The number of primary amides is 1. The number of aryl methyl sites for hydroxylation is 1. The summed E-state index contributed by atoms with van der Waals surface area (Å²) in [6, 6.07) is 14.0. The van der Waals surface area contributed by atoms with Crippen molar-refractivity contribution in [1.82, 2.24) is 15.1 Å². The summed E-state index contributed by atoms with van der Waals surface area (Å²) in [5.74, 6) is -4.20. The molecule has 3 amide bonds. The van der Waals surface area contributed by atoms with Crippen molar-refractivity contribution in [3.63, 3.8) is 0 Å². The third kappa shape index (κ3) is 5.08. The molecule has 1 aromatic heterocycles. The average Bonchev–Trinajstić information content (AvgIpc) is 3.14. The first kappa shape index (κ1) is 27.7. The molecule has 2 atom stereocenters. The summed E-state index contributed by atoms with van der Waals surface area (Å²) in [6.45, 7) is 1.08. The molecule has 2 aromatic carbocycles. The highest BCUT2D eigenvalue weighted by molar-refractivity contribution is 7.91. The Kier molecular flexibility index (Phi) is 7.20. The van der Waals surface area contributed by atoms with Crippen molar-refractivity contribution in [3.05, 3.63) is 53.7 Å². The van der Waals surface area contributed by atoms with Crippen molar-refractivity contribution in [1.29, 1.82) is 5.26 Å². The topological polar surface area (TPSA) is 171 Å². The molecule has 39 heavy (non-hydrogen) atoms. The lowest BCUT2D eigenvalue weighted by Gasteiger charge is -2.36. The van der Waals surface area contributed by atoms with Crippen LogP contribution in [0, 0.1) is 17.2 Å². The summed E-state index contributed by atoms with van der Waals surface area (Å²) in [4.78, 5) is 42.9. The zero-order chi connectivity index (χ0) is 28.7. The maximum absolute atomic E-state index is 14.3. The number of fused-ring (bicyclic) bond motifs is 2. The number of carbonyl (C=O) groups excluding carboxylic acids is 3. The van der Waals surface area contributed by atoms with Crippen LogP contribution in [0.15, 0.2) is 42.5 Å². The Balaban J connectivity index is 1.97. The fourth-order valence-corrected chi connectivity index (χ4v) is 5.46. The number of hydrogen-bond donors (Lipinski definition) is 2. The molecule has 1 aliphatic rings. The lowest BCUT2D eigenvalue weighted by molar-refractivity contribution is -0.133. The fourth-order valence-electron chi connectivity index (χ4n) is 4.86. The molecule has 3 N–H and O–H groups in total. The van der Waals surface area contributed by atoms with Crippen LogP contribution in [-0.4, -0.2) is 67.1 Å². The van der Waals surface area contributed by atoms with Crippen LogP contribution in [-0.2, 0) is 37.8 Å². The normalized spacial score (nSPS) is 17.3. The highest BCUT2D eigenvalue weighted by Crippen LogP contribution is 2.39. The Morgan fingerprint density at radius 3 is 2.54 bits per heavy atom. The molecule has 0 saturated heterocycles. The molecule has 1 unspecified atom stereocenters. The molecular weight excluding hydrogens is 522 g/mol. The molecule has 204 valence electrons. The first-order valence-corrected chi connectivity index (χ1v) is 14.1. The smallest absolute Gasteiger partial charge is 0.242 e. The molecule has 4 rings (SSSR count). The van der Waals surface area contributed by atoms with Crippen LogP contribution in [0.2, 0.25) is 0 Å². The fraction of sp³-hybridized carbons (Fsp3) is 0.346. The van der Waals surface area contributed by atoms with Gasteiger partial charge in [-0.2, -0.15) is 10.4 Å². The van der Waals surface area contributed by atoms with E-state index in [0.717, 1.165) is 22.1 Å². The van der Waals surface area contributed by atoms with Crippen LogP contribution in [0.1, 0.15) is 18.2 Å². The van der Waals surface area contributed by atoms with Gasteiger partial charge in [0.1, 0.15) is 11.3 Å². The number of hydrogen-bond acceptors (Lipinski definition) is 8. The average molecular weight is 552 g/mol. The second kappa shape index (κ2) is 10.1. The number of nitrogens with zero attached hydrogens (tertiary/aromatic N) is 5. The van der Waals surface area contributed by atoms with Gasteiger partial charge in [-0.05, 0) is 38.2 Å². The zero-order valence-electron chi connectivity index (χ0n) is 22.0. The first-order chi connectivity index (χ1) is 18.3. The van der Waals surface area contributed by atoms with Gasteiger partial charge in [0.2, 0.25) is 17.7 Å². The van der Waals surface area contributed by atoms with Crippen molar-refractivity contribution in [2.45, 2.75) is 19.0 Å². The van der Waals surface area contributed by atoms with Gasteiger partial charge in [0.05, 0.1) is 46.7 Å². The molecule has 0 bridgehead atoms. The predicted octanol–water partition coefficient (Wildman–Crippen LogP) is 0.449. The predicted molar refractivity (Wildman–Crippen MR) is 145 cm³/mol. The van der Waals surface area contributed by atoms with Gasteiger partial charge in [-0.25, -0.2) is 8.42 Å². The number of aromatic nitrogens is 2. The Labute approximate surface area is 225 Å². The molecule has 0 aliphatic carbocycles. The van der Waals surface area contributed by atoms with Crippen LogP contribution >= 0.6 is 0 Å². The quantitative estimate of drug-likeness (QED) is 0.426. The van der Waals surface area contributed by atoms with E-state index in [4.69, 9.17) is 5.73 Å². The van der Waals surface area contributed by atoms with E-state index in [9.17, 15) is 28.1 Å². The zero-order valence-corrected chi connectivity index (χ0v) is 22.8. The minimum absolute atomic E-state index is 0.0255. The number of nitrogens with one attached hydrogen (secondary N) is 1. The summed E-state index contributed by atoms with van der Waals surface area (Å²) in [5, 5.41) is 17.8. The number of anilines is 2. The Morgan fingerprint density at radius 1 is 1.23 bits per heavy atom. The van der Waals surface area contributed by atoms with E-state index in [0.29, 0.717) is 5.69 Å². The highest BCUT2D eigenvalue weighted by Gasteiger charge is 2.49. The molecule has 0 radical (unpaired) electrons. The Morgan fingerprint density at radius 2 is 1.92 bits per heavy atom.